The number of aromatic nitrogens is 1. The molecule has 3 rings (SSSR count). The summed E-state index contributed by atoms with van der Waals surface area (Å²) in [7, 11) is 0. The van der Waals surface area contributed by atoms with Gasteiger partial charge in [0.1, 0.15) is 18.1 Å². The average molecular weight is 344 g/mol. The second kappa shape index (κ2) is 7.29. The average Bonchev–Trinajstić information content (AvgIpc) is 3.22. The number of ether oxygens (including phenoxy) is 1. The quantitative estimate of drug-likeness (QED) is 0.668. The molecule has 124 valence electrons. The topological polar surface area (TPSA) is 84.6 Å². The summed E-state index contributed by atoms with van der Waals surface area (Å²) in [5.74, 6) is 0.349. The van der Waals surface area contributed by atoms with E-state index < -0.39 is 0 Å². The SMILES string of the molecule is Cc1ccc(O)c(NC(=O)COCc2cc(-c3cccs3)on2)c1. The molecule has 1 aromatic carbocycles. The highest BCUT2D eigenvalue weighted by atomic mass is 32.1. The number of phenols is 1. The van der Waals surface area contributed by atoms with Crippen molar-refractivity contribution in [3.05, 3.63) is 53.0 Å². The Kier molecular flexibility index (Phi) is 4.93. The number of nitrogens with zero attached hydrogens (tertiary/aromatic N) is 1. The monoisotopic (exact) mass is 344 g/mol. The van der Waals surface area contributed by atoms with Crippen LogP contribution in [0, 0.1) is 6.92 Å². The number of anilines is 1. The van der Waals surface area contributed by atoms with Crippen molar-refractivity contribution in [2.45, 2.75) is 13.5 Å². The third-order valence-corrected chi connectivity index (χ3v) is 4.12. The molecule has 0 aliphatic heterocycles. The van der Waals surface area contributed by atoms with Gasteiger partial charge in [0.15, 0.2) is 5.76 Å². The number of hydrogen-bond acceptors (Lipinski definition) is 6. The van der Waals surface area contributed by atoms with Gasteiger partial charge < -0.3 is 19.7 Å². The van der Waals surface area contributed by atoms with Crippen LogP contribution in [0.4, 0.5) is 5.69 Å². The molecule has 0 atom stereocenters. The van der Waals surface area contributed by atoms with Gasteiger partial charge in [-0.25, -0.2) is 0 Å². The maximum Gasteiger partial charge on any atom is 0.250 e. The van der Waals surface area contributed by atoms with Crippen LogP contribution in [0.1, 0.15) is 11.3 Å². The van der Waals surface area contributed by atoms with Crippen molar-refractivity contribution in [3.8, 4) is 16.4 Å². The largest absolute Gasteiger partial charge is 0.506 e. The molecule has 6 nitrogen and oxygen atoms in total. The van der Waals surface area contributed by atoms with Crippen LogP contribution in [0.3, 0.4) is 0 Å². The van der Waals surface area contributed by atoms with Gasteiger partial charge in [0, 0.05) is 6.07 Å². The third-order valence-electron chi connectivity index (χ3n) is 3.23. The van der Waals surface area contributed by atoms with Gasteiger partial charge in [-0.1, -0.05) is 17.3 Å². The lowest BCUT2D eigenvalue weighted by Gasteiger charge is -2.08. The van der Waals surface area contributed by atoms with Crippen molar-refractivity contribution in [3.63, 3.8) is 0 Å². The molecule has 0 fully saturated rings. The summed E-state index contributed by atoms with van der Waals surface area (Å²) in [6.07, 6.45) is 0. The molecule has 0 unspecified atom stereocenters. The molecule has 2 aromatic heterocycles. The number of thiophene rings is 1. The van der Waals surface area contributed by atoms with E-state index in [1.54, 1.807) is 29.5 Å². The minimum Gasteiger partial charge on any atom is -0.506 e. The highest BCUT2D eigenvalue weighted by Gasteiger charge is 2.10. The fourth-order valence-electron chi connectivity index (χ4n) is 2.10. The Labute approximate surface area is 142 Å². The van der Waals surface area contributed by atoms with E-state index in [9.17, 15) is 9.90 Å². The number of hydrogen-bond donors (Lipinski definition) is 2. The Bertz CT molecular complexity index is 827. The predicted octanol–water partition coefficient (Wildman–Crippen LogP) is 3.57. The van der Waals surface area contributed by atoms with Crippen molar-refractivity contribution in [2.75, 3.05) is 11.9 Å². The highest BCUT2D eigenvalue weighted by Crippen LogP contribution is 2.25. The highest BCUT2D eigenvalue weighted by molar-refractivity contribution is 7.13. The van der Waals surface area contributed by atoms with E-state index >= 15 is 0 Å². The van der Waals surface area contributed by atoms with Crippen molar-refractivity contribution >= 4 is 22.9 Å². The smallest absolute Gasteiger partial charge is 0.250 e. The number of nitrogens with one attached hydrogen (secondary N) is 1. The predicted molar refractivity (Wildman–Crippen MR) is 90.9 cm³/mol. The normalized spacial score (nSPS) is 10.7. The minimum atomic E-state index is -0.349. The molecule has 0 saturated heterocycles. The molecule has 0 radical (unpaired) electrons. The fraction of sp³-hybridized carbons (Fsp3) is 0.176. The number of carbonyl (C=O) groups is 1. The fourth-order valence-corrected chi connectivity index (χ4v) is 2.77. The molecule has 0 bridgehead atoms. The third kappa shape index (κ3) is 4.01. The van der Waals surface area contributed by atoms with Crippen LogP contribution in [0.5, 0.6) is 5.75 Å². The van der Waals surface area contributed by atoms with Crippen LogP contribution in [0.25, 0.3) is 10.6 Å². The second-order valence-electron chi connectivity index (χ2n) is 5.22. The zero-order valence-corrected chi connectivity index (χ0v) is 13.8. The van der Waals surface area contributed by atoms with E-state index in [2.05, 4.69) is 10.5 Å². The molecule has 0 spiro atoms. The molecule has 1 amide bonds. The van der Waals surface area contributed by atoms with Crippen LogP contribution in [0.15, 0.2) is 46.3 Å². The zero-order valence-electron chi connectivity index (χ0n) is 13.0. The summed E-state index contributed by atoms with van der Waals surface area (Å²) >= 11 is 1.56. The van der Waals surface area contributed by atoms with Gasteiger partial charge in [-0.05, 0) is 36.1 Å². The number of carbonyl (C=O) groups excluding carboxylic acids is 1. The van der Waals surface area contributed by atoms with Crippen molar-refractivity contribution in [1.29, 1.82) is 0 Å². The van der Waals surface area contributed by atoms with E-state index in [-0.39, 0.29) is 24.9 Å². The standard InChI is InChI=1S/C17H16N2O4S/c1-11-4-5-14(20)13(7-11)18-17(21)10-22-9-12-8-15(23-19-12)16-3-2-6-24-16/h2-8,20H,9-10H2,1H3,(H,18,21). The number of rotatable bonds is 6. The first kappa shape index (κ1) is 16.2. The lowest BCUT2D eigenvalue weighted by atomic mass is 10.2. The van der Waals surface area contributed by atoms with Crippen LogP contribution < -0.4 is 5.32 Å². The summed E-state index contributed by atoms with van der Waals surface area (Å²) in [6.45, 7) is 1.90. The summed E-state index contributed by atoms with van der Waals surface area (Å²) in [5, 5.41) is 18.2. The van der Waals surface area contributed by atoms with E-state index in [1.165, 1.54) is 6.07 Å². The summed E-state index contributed by atoms with van der Waals surface area (Å²) in [5.41, 5.74) is 1.92. The molecule has 24 heavy (non-hydrogen) atoms. The Morgan fingerprint density at radius 3 is 3.04 bits per heavy atom. The van der Waals surface area contributed by atoms with Gasteiger partial charge in [0.25, 0.3) is 0 Å². The molecule has 2 N–H and O–H groups in total. The van der Waals surface area contributed by atoms with Crippen molar-refractivity contribution < 1.29 is 19.2 Å². The van der Waals surface area contributed by atoms with Gasteiger partial charge in [-0.15, -0.1) is 11.3 Å². The molecule has 0 aliphatic carbocycles. The van der Waals surface area contributed by atoms with E-state index in [1.807, 2.05) is 24.4 Å². The van der Waals surface area contributed by atoms with Gasteiger partial charge in [-0.3, -0.25) is 4.79 Å². The Hall–Kier alpha value is -2.64. The van der Waals surface area contributed by atoms with E-state index in [0.29, 0.717) is 17.1 Å². The van der Waals surface area contributed by atoms with E-state index in [0.717, 1.165) is 10.4 Å². The lowest BCUT2D eigenvalue weighted by Crippen LogP contribution is -2.18. The van der Waals surface area contributed by atoms with Crippen LogP contribution in [-0.2, 0) is 16.1 Å². The first-order chi connectivity index (χ1) is 11.6. The van der Waals surface area contributed by atoms with Crippen LogP contribution in [0.2, 0.25) is 0 Å². The maximum atomic E-state index is 11.9. The van der Waals surface area contributed by atoms with Crippen LogP contribution in [-0.4, -0.2) is 22.8 Å². The minimum absolute atomic E-state index is 0.0195. The van der Waals surface area contributed by atoms with Gasteiger partial charge in [0.05, 0.1) is 17.2 Å². The van der Waals surface area contributed by atoms with E-state index in [4.69, 9.17) is 9.26 Å². The second-order valence-corrected chi connectivity index (χ2v) is 6.17. The molecule has 7 heteroatoms. The lowest BCUT2D eigenvalue weighted by molar-refractivity contribution is -0.121. The molecule has 2 heterocycles. The summed E-state index contributed by atoms with van der Waals surface area (Å²) < 4.78 is 10.6. The Morgan fingerprint density at radius 1 is 1.38 bits per heavy atom. The molecule has 3 aromatic rings. The molecular formula is C17H16N2O4S. The van der Waals surface area contributed by atoms with Gasteiger partial charge >= 0.3 is 0 Å². The number of aromatic hydroxyl groups is 1. The molecule has 0 aliphatic rings. The van der Waals surface area contributed by atoms with Crippen molar-refractivity contribution in [1.82, 2.24) is 5.16 Å². The maximum absolute atomic E-state index is 11.9. The number of amides is 1. The zero-order chi connectivity index (χ0) is 16.9. The first-order valence-corrected chi connectivity index (χ1v) is 8.16. The Morgan fingerprint density at radius 2 is 2.25 bits per heavy atom. The number of benzene rings is 1. The van der Waals surface area contributed by atoms with Gasteiger partial charge in [-0.2, -0.15) is 0 Å². The van der Waals surface area contributed by atoms with Crippen molar-refractivity contribution in [2.24, 2.45) is 0 Å². The molecular weight excluding hydrogens is 328 g/mol. The first-order valence-electron chi connectivity index (χ1n) is 7.28. The summed E-state index contributed by atoms with van der Waals surface area (Å²) in [4.78, 5) is 12.9. The van der Waals surface area contributed by atoms with Crippen LogP contribution >= 0.6 is 11.3 Å². The number of aryl methyl sites for hydroxylation is 1. The van der Waals surface area contributed by atoms with Gasteiger partial charge in [0.2, 0.25) is 5.91 Å². The summed E-state index contributed by atoms with van der Waals surface area (Å²) in [6, 6.07) is 10.7. The number of phenolic OH excluding ortho intramolecular Hbond substituents is 1. The molecule has 0 saturated carbocycles. The Balaban J connectivity index is 1.49.